The molecule has 1 unspecified atom stereocenters. The van der Waals surface area contributed by atoms with Gasteiger partial charge in [-0.25, -0.2) is 9.38 Å². The maximum atomic E-state index is 13.6. The molecule has 0 saturated carbocycles. The highest BCUT2D eigenvalue weighted by Crippen LogP contribution is 2.22. The van der Waals surface area contributed by atoms with E-state index in [1.54, 1.807) is 24.3 Å². The van der Waals surface area contributed by atoms with E-state index < -0.39 is 5.60 Å². The van der Waals surface area contributed by atoms with Gasteiger partial charge < -0.3 is 15.7 Å². The van der Waals surface area contributed by atoms with Crippen molar-refractivity contribution in [3.63, 3.8) is 0 Å². The third-order valence-corrected chi connectivity index (χ3v) is 4.82. The van der Waals surface area contributed by atoms with Crippen molar-refractivity contribution in [1.82, 2.24) is 10.6 Å². The molecule has 1 heterocycles. The highest BCUT2D eigenvalue weighted by molar-refractivity contribution is 9.10. The van der Waals surface area contributed by atoms with E-state index in [1.165, 1.54) is 6.07 Å². The summed E-state index contributed by atoms with van der Waals surface area (Å²) >= 11 is 4.69. The summed E-state index contributed by atoms with van der Waals surface area (Å²) in [6, 6.07) is 6.85. The van der Waals surface area contributed by atoms with Crippen LogP contribution in [0.4, 0.5) is 4.39 Å². The number of aliphatic hydroxyl groups is 1. The zero-order chi connectivity index (χ0) is 17.6. The number of nitrogens with one attached hydrogen (secondary N) is 2. The second kappa shape index (κ2) is 8.60. The van der Waals surface area contributed by atoms with Crippen molar-refractivity contribution in [3.05, 3.63) is 56.4 Å². The monoisotopic (exact) mass is 413 g/mol. The van der Waals surface area contributed by atoms with Crippen molar-refractivity contribution in [2.24, 2.45) is 4.99 Å². The summed E-state index contributed by atoms with van der Waals surface area (Å²) in [5.74, 6) is 0.275. The van der Waals surface area contributed by atoms with Gasteiger partial charge in [-0.3, -0.25) is 0 Å². The molecule has 1 aromatic heterocycles. The zero-order valence-electron chi connectivity index (χ0n) is 13.6. The quantitative estimate of drug-likeness (QED) is 0.500. The van der Waals surface area contributed by atoms with Crippen molar-refractivity contribution >= 4 is 33.2 Å². The number of guanidine groups is 1. The van der Waals surface area contributed by atoms with Gasteiger partial charge in [-0.15, -0.1) is 0 Å². The molecular formula is C17H21BrFN3OS. The highest BCUT2D eigenvalue weighted by atomic mass is 79.9. The van der Waals surface area contributed by atoms with Gasteiger partial charge in [-0.05, 0) is 69.9 Å². The molecule has 4 nitrogen and oxygen atoms in total. The number of hydrogen-bond acceptors (Lipinski definition) is 3. The Morgan fingerprint density at radius 2 is 2.17 bits per heavy atom. The number of hydrogen-bond donors (Lipinski definition) is 3. The van der Waals surface area contributed by atoms with Crippen molar-refractivity contribution in [3.8, 4) is 0 Å². The van der Waals surface area contributed by atoms with E-state index >= 15 is 0 Å². The number of thiophene rings is 1. The summed E-state index contributed by atoms with van der Waals surface area (Å²) in [6.45, 7) is 5.09. The summed E-state index contributed by atoms with van der Waals surface area (Å²) in [4.78, 5) is 4.44. The van der Waals surface area contributed by atoms with Gasteiger partial charge in [0.05, 0.1) is 17.6 Å². The van der Waals surface area contributed by atoms with E-state index in [4.69, 9.17) is 0 Å². The standard InChI is InChI=1S/C17H21BrFN3OS/c1-3-20-16(21-9-12-4-5-14(18)15(19)8-12)22-11-17(2,23)13-6-7-24-10-13/h4-8,10,23H,3,9,11H2,1-2H3,(H2,20,21,22). The lowest BCUT2D eigenvalue weighted by Gasteiger charge is -2.24. The molecule has 2 aromatic rings. The predicted octanol–water partition coefficient (Wildman–Crippen LogP) is 3.61. The molecule has 24 heavy (non-hydrogen) atoms. The van der Waals surface area contributed by atoms with Gasteiger partial charge in [0, 0.05) is 6.54 Å². The largest absolute Gasteiger partial charge is 0.384 e. The first-order valence-electron chi connectivity index (χ1n) is 7.63. The lowest BCUT2D eigenvalue weighted by Crippen LogP contribution is -2.44. The van der Waals surface area contributed by atoms with Gasteiger partial charge in [0.2, 0.25) is 0 Å². The molecule has 3 N–H and O–H groups in total. The first kappa shape index (κ1) is 18.9. The molecule has 2 rings (SSSR count). The van der Waals surface area contributed by atoms with Crippen LogP contribution in [0.25, 0.3) is 0 Å². The van der Waals surface area contributed by atoms with Gasteiger partial charge >= 0.3 is 0 Å². The molecule has 0 saturated heterocycles. The normalized spacial score (nSPS) is 14.3. The number of halogens is 2. The van der Waals surface area contributed by atoms with Gasteiger partial charge in [0.15, 0.2) is 5.96 Å². The van der Waals surface area contributed by atoms with Crippen LogP contribution in [0.2, 0.25) is 0 Å². The van der Waals surface area contributed by atoms with Crippen LogP contribution in [-0.2, 0) is 12.1 Å². The maximum Gasteiger partial charge on any atom is 0.191 e. The van der Waals surface area contributed by atoms with Crippen LogP contribution in [0.5, 0.6) is 0 Å². The second-order valence-corrected chi connectivity index (χ2v) is 7.22. The van der Waals surface area contributed by atoms with Crippen molar-refractivity contribution in [2.75, 3.05) is 13.1 Å². The summed E-state index contributed by atoms with van der Waals surface area (Å²) < 4.78 is 14.0. The lowest BCUT2D eigenvalue weighted by molar-refractivity contribution is 0.0621. The van der Waals surface area contributed by atoms with Crippen LogP contribution >= 0.6 is 27.3 Å². The smallest absolute Gasteiger partial charge is 0.191 e. The Balaban J connectivity index is 2.01. The van der Waals surface area contributed by atoms with Crippen molar-refractivity contribution in [1.29, 1.82) is 0 Å². The third-order valence-electron chi connectivity index (χ3n) is 3.49. The van der Waals surface area contributed by atoms with Crippen molar-refractivity contribution in [2.45, 2.75) is 26.0 Å². The van der Waals surface area contributed by atoms with Crippen LogP contribution in [0.3, 0.4) is 0 Å². The Labute approximate surface area is 154 Å². The number of nitrogens with zero attached hydrogens (tertiary/aromatic N) is 1. The molecule has 0 spiro atoms. The van der Waals surface area contributed by atoms with Gasteiger partial charge in [0.25, 0.3) is 0 Å². The molecule has 0 aliphatic carbocycles. The Kier molecular flexibility index (Phi) is 6.77. The second-order valence-electron chi connectivity index (χ2n) is 5.58. The number of rotatable bonds is 6. The molecule has 0 bridgehead atoms. The molecule has 7 heteroatoms. The molecule has 0 radical (unpaired) electrons. The van der Waals surface area contributed by atoms with E-state index in [0.29, 0.717) is 30.1 Å². The van der Waals surface area contributed by atoms with Gasteiger partial charge in [-0.2, -0.15) is 11.3 Å². The van der Waals surface area contributed by atoms with Crippen LogP contribution in [0, 0.1) is 5.82 Å². The summed E-state index contributed by atoms with van der Waals surface area (Å²) in [6.07, 6.45) is 0. The fraction of sp³-hybridized carbons (Fsp3) is 0.353. The summed E-state index contributed by atoms with van der Waals surface area (Å²) in [7, 11) is 0. The minimum absolute atomic E-state index is 0.305. The van der Waals surface area contributed by atoms with E-state index in [-0.39, 0.29) is 5.82 Å². The van der Waals surface area contributed by atoms with Crippen LogP contribution in [0.1, 0.15) is 25.0 Å². The van der Waals surface area contributed by atoms with Crippen LogP contribution < -0.4 is 10.6 Å². The average Bonchev–Trinajstić information content (AvgIpc) is 3.09. The van der Waals surface area contributed by atoms with Crippen LogP contribution in [-0.4, -0.2) is 24.2 Å². The SMILES string of the molecule is CCNC(=NCc1ccc(Br)c(F)c1)NCC(C)(O)c1ccsc1. The Hall–Kier alpha value is -1.44. The molecule has 130 valence electrons. The van der Waals surface area contributed by atoms with E-state index in [2.05, 4.69) is 31.6 Å². The minimum atomic E-state index is -0.986. The Morgan fingerprint density at radius 1 is 1.38 bits per heavy atom. The molecular weight excluding hydrogens is 393 g/mol. The van der Waals surface area contributed by atoms with Gasteiger partial charge in [-0.1, -0.05) is 6.07 Å². The molecule has 0 aliphatic rings. The topological polar surface area (TPSA) is 56.7 Å². The molecule has 0 aliphatic heterocycles. The Bertz CT molecular complexity index is 689. The van der Waals surface area contributed by atoms with E-state index in [9.17, 15) is 9.50 Å². The van der Waals surface area contributed by atoms with E-state index in [1.807, 2.05) is 29.8 Å². The molecule has 1 aromatic carbocycles. The van der Waals surface area contributed by atoms with Gasteiger partial charge in [0.1, 0.15) is 11.4 Å². The molecule has 1 atom stereocenters. The lowest BCUT2D eigenvalue weighted by atomic mass is 9.99. The highest BCUT2D eigenvalue weighted by Gasteiger charge is 2.23. The number of benzene rings is 1. The first-order valence-corrected chi connectivity index (χ1v) is 9.37. The fourth-order valence-corrected chi connectivity index (χ4v) is 3.11. The van der Waals surface area contributed by atoms with Crippen molar-refractivity contribution < 1.29 is 9.50 Å². The predicted molar refractivity (Wildman–Crippen MR) is 101 cm³/mol. The molecule has 0 fully saturated rings. The number of aliphatic imine (C=N–C) groups is 1. The fourth-order valence-electron chi connectivity index (χ4n) is 2.08. The average molecular weight is 414 g/mol. The summed E-state index contributed by atoms with van der Waals surface area (Å²) in [5, 5.41) is 20.7. The zero-order valence-corrected chi connectivity index (χ0v) is 16.0. The first-order chi connectivity index (χ1) is 11.4. The summed E-state index contributed by atoms with van der Waals surface area (Å²) in [5.41, 5.74) is 0.656. The third kappa shape index (κ3) is 5.29. The van der Waals surface area contributed by atoms with Crippen LogP contribution in [0.15, 0.2) is 44.5 Å². The molecule has 0 amide bonds. The Morgan fingerprint density at radius 3 is 2.79 bits per heavy atom. The minimum Gasteiger partial charge on any atom is -0.384 e. The van der Waals surface area contributed by atoms with E-state index in [0.717, 1.165) is 11.1 Å². The maximum absolute atomic E-state index is 13.6.